The summed E-state index contributed by atoms with van der Waals surface area (Å²) < 4.78 is 24.7. The lowest BCUT2D eigenvalue weighted by molar-refractivity contribution is 0.117. The number of sulfonamides is 1. The Hall–Kier alpha value is -0.920. The van der Waals surface area contributed by atoms with Crippen LogP contribution >= 0.6 is 0 Å². The van der Waals surface area contributed by atoms with Crippen molar-refractivity contribution in [3.05, 3.63) is 12.3 Å². The molecule has 2 heterocycles. The van der Waals surface area contributed by atoms with Gasteiger partial charge in [0.05, 0.1) is 6.20 Å². The van der Waals surface area contributed by atoms with Gasteiger partial charge in [0, 0.05) is 25.6 Å². The van der Waals surface area contributed by atoms with Crippen LogP contribution in [0, 0.1) is 5.92 Å². The van der Waals surface area contributed by atoms with Crippen LogP contribution in [0.15, 0.2) is 17.3 Å². The van der Waals surface area contributed by atoms with Crippen LogP contribution in [0.1, 0.15) is 0 Å². The fraction of sp³-hybridized carbons (Fsp3) is 0.571. The fourth-order valence-electron chi connectivity index (χ4n) is 1.36. The van der Waals surface area contributed by atoms with Crippen molar-refractivity contribution in [1.82, 2.24) is 14.5 Å². The quantitative estimate of drug-likeness (QED) is 0.681. The molecule has 1 aromatic rings. The van der Waals surface area contributed by atoms with Crippen LogP contribution in [0.2, 0.25) is 0 Å². The van der Waals surface area contributed by atoms with Crippen LogP contribution in [0.25, 0.3) is 0 Å². The first-order chi connectivity index (χ1) is 6.64. The summed E-state index contributed by atoms with van der Waals surface area (Å²) in [5.41, 5.74) is 0. The van der Waals surface area contributed by atoms with Crippen LogP contribution in [0.3, 0.4) is 0 Å². The fourth-order valence-corrected chi connectivity index (χ4v) is 2.85. The van der Waals surface area contributed by atoms with Crippen LogP contribution < -0.4 is 0 Å². The van der Waals surface area contributed by atoms with Gasteiger partial charge in [0.2, 0.25) is 0 Å². The molecular formula is C7H11N3O3S. The van der Waals surface area contributed by atoms with Crippen LogP contribution in [-0.4, -0.2) is 47.7 Å². The third kappa shape index (κ3) is 1.43. The average Bonchev–Trinajstić information content (AvgIpc) is 2.53. The van der Waals surface area contributed by atoms with E-state index in [4.69, 9.17) is 5.11 Å². The van der Waals surface area contributed by atoms with Crippen molar-refractivity contribution in [2.45, 2.75) is 5.03 Å². The molecule has 14 heavy (non-hydrogen) atoms. The highest BCUT2D eigenvalue weighted by molar-refractivity contribution is 7.89. The molecule has 2 rings (SSSR count). The molecule has 0 aromatic carbocycles. The topological polar surface area (TPSA) is 86.3 Å². The third-order valence-electron chi connectivity index (χ3n) is 2.27. The first-order valence-corrected chi connectivity index (χ1v) is 5.69. The molecule has 0 amide bonds. The van der Waals surface area contributed by atoms with Crippen LogP contribution in [0.5, 0.6) is 0 Å². The molecule has 1 fully saturated rings. The Morgan fingerprint density at radius 1 is 1.64 bits per heavy atom. The van der Waals surface area contributed by atoms with Gasteiger partial charge in [0.15, 0.2) is 5.03 Å². The molecule has 6 nitrogen and oxygen atoms in total. The Labute approximate surface area is 81.6 Å². The smallest absolute Gasteiger partial charge is 0.259 e. The van der Waals surface area contributed by atoms with E-state index < -0.39 is 10.0 Å². The van der Waals surface area contributed by atoms with Crippen LogP contribution in [-0.2, 0) is 10.0 Å². The van der Waals surface area contributed by atoms with Crippen molar-refractivity contribution in [2.24, 2.45) is 5.92 Å². The third-order valence-corrected chi connectivity index (χ3v) is 4.04. The highest BCUT2D eigenvalue weighted by Gasteiger charge is 2.36. The number of aliphatic hydroxyl groups is 1. The maximum absolute atomic E-state index is 11.7. The minimum atomic E-state index is -3.40. The standard InChI is InChI=1S/C7H11N3O3S/c11-5-6-3-10(4-6)14(12,13)7-1-2-8-9-7/h1-2,6,11H,3-5H2,(H,8,9). The van der Waals surface area contributed by atoms with Gasteiger partial charge < -0.3 is 5.11 Å². The Bertz CT molecular complexity index is 394. The van der Waals surface area contributed by atoms with Crippen molar-refractivity contribution in [3.8, 4) is 0 Å². The maximum Gasteiger partial charge on any atom is 0.259 e. The number of nitrogens with one attached hydrogen (secondary N) is 1. The predicted molar refractivity (Wildman–Crippen MR) is 47.9 cm³/mol. The minimum absolute atomic E-state index is 0.0367. The van der Waals surface area contributed by atoms with Gasteiger partial charge in [-0.15, -0.1) is 0 Å². The first-order valence-electron chi connectivity index (χ1n) is 4.25. The summed E-state index contributed by atoms with van der Waals surface area (Å²) in [4.78, 5) is 0. The number of H-pyrrole nitrogens is 1. The van der Waals surface area contributed by atoms with Crippen molar-refractivity contribution >= 4 is 10.0 Å². The molecule has 0 saturated carbocycles. The molecule has 0 unspecified atom stereocenters. The molecule has 1 aliphatic rings. The molecule has 78 valence electrons. The zero-order valence-electron chi connectivity index (χ0n) is 7.42. The van der Waals surface area contributed by atoms with E-state index in [9.17, 15) is 8.42 Å². The maximum atomic E-state index is 11.7. The number of hydrogen-bond donors (Lipinski definition) is 2. The predicted octanol–water partition coefficient (Wildman–Crippen LogP) is -0.978. The van der Waals surface area contributed by atoms with E-state index in [0.717, 1.165) is 0 Å². The monoisotopic (exact) mass is 217 g/mol. The molecule has 0 bridgehead atoms. The van der Waals surface area contributed by atoms with Gasteiger partial charge in [-0.1, -0.05) is 0 Å². The van der Waals surface area contributed by atoms with Gasteiger partial charge in [-0.2, -0.15) is 9.40 Å². The van der Waals surface area contributed by atoms with Gasteiger partial charge in [-0.05, 0) is 6.07 Å². The van der Waals surface area contributed by atoms with Gasteiger partial charge >= 0.3 is 0 Å². The highest BCUT2D eigenvalue weighted by Crippen LogP contribution is 2.22. The summed E-state index contributed by atoms with van der Waals surface area (Å²) in [5.74, 6) is 0.0766. The second-order valence-corrected chi connectivity index (χ2v) is 5.20. The Morgan fingerprint density at radius 2 is 2.36 bits per heavy atom. The average molecular weight is 217 g/mol. The number of aromatic nitrogens is 2. The number of hydrogen-bond acceptors (Lipinski definition) is 4. The van der Waals surface area contributed by atoms with Crippen molar-refractivity contribution in [3.63, 3.8) is 0 Å². The van der Waals surface area contributed by atoms with E-state index in [0.29, 0.717) is 13.1 Å². The van der Waals surface area contributed by atoms with E-state index in [1.165, 1.54) is 16.6 Å². The molecule has 0 atom stereocenters. The van der Waals surface area contributed by atoms with E-state index in [1.807, 2.05) is 0 Å². The lowest BCUT2D eigenvalue weighted by atomic mass is 10.1. The highest BCUT2D eigenvalue weighted by atomic mass is 32.2. The zero-order valence-corrected chi connectivity index (χ0v) is 8.24. The lowest BCUT2D eigenvalue weighted by Gasteiger charge is -2.36. The largest absolute Gasteiger partial charge is 0.396 e. The molecule has 2 N–H and O–H groups in total. The first kappa shape index (κ1) is 9.63. The lowest BCUT2D eigenvalue weighted by Crippen LogP contribution is -2.51. The van der Waals surface area contributed by atoms with E-state index >= 15 is 0 Å². The molecule has 0 radical (unpaired) electrons. The Kier molecular flexibility index (Phi) is 2.30. The summed E-state index contributed by atoms with van der Waals surface area (Å²) in [5, 5.41) is 14.9. The SMILES string of the molecule is O=S(=O)(c1ccn[nH]1)N1CC(CO)C1. The Balaban J connectivity index is 2.12. The van der Waals surface area contributed by atoms with Gasteiger partial charge in [0.25, 0.3) is 10.0 Å². The summed E-state index contributed by atoms with van der Waals surface area (Å²) in [6.07, 6.45) is 1.40. The van der Waals surface area contributed by atoms with E-state index in [-0.39, 0.29) is 17.6 Å². The molecule has 1 saturated heterocycles. The number of aliphatic hydroxyl groups excluding tert-OH is 1. The second kappa shape index (κ2) is 3.34. The zero-order chi connectivity index (χ0) is 10.2. The minimum Gasteiger partial charge on any atom is -0.396 e. The molecule has 0 aliphatic carbocycles. The number of rotatable bonds is 3. The van der Waals surface area contributed by atoms with Crippen LogP contribution in [0.4, 0.5) is 0 Å². The molecule has 7 heteroatoms. The van der Waals surface area contributed by atoms with Gasteiger partial charge in [-0.3, -0.25) is 5.10 Å². The molecular weight excluding hydrogens is 206 g/mol. The molecule has 0 spiro atoms. The number of nitrogens with zero attached hydrogens (tertiary/aromatic N) is 2. The summed E-state index contributed by atoms with van der Waals surface area (Å²) in [7, 11) is -3.40. The normalized spacial score (nSPS) is 19.5. The van der Waals surface area contributed by atoms with E-state index in [1.54, 1.807) is 0 Å². The summed E-state index contributed by atoms with van der Waals surface area (Å²) >= 11 is 0. The number of aromatic amines is 1. The summed E-state index contributed by atoms with van der Waals surface area (Å²) in [6, 6.07) is 1.42. The van der Waals surface area contributed by atoms with Gasteiger partial charge in [0.1, 0.15) is 0 Å². The van der Waals surface area contributed by atoms with E-state index in [2.05, 4.69) is 10.2 Å². The summed E-state index contributed by atoms with van der Waals surface area (Å²) in [6.45, 7) is 0.810. The second-order valence-electron chi connectivity index (χ2n) is 3.29. The molecule has 1 aromatic heterocycles. The van der Waals surface area contributed by atoms with Crippen molar-refractivity contribution in [1.29, 1.82) is 0 Å². The van der Waals surface area contributed by atoms with Crippen molar-refractivity contribution in [2.75, 3.05) is 19.7 Å². The Morgan fingerprint density at radius 3 is 2.86 bits per heavy atom. The van der Waals surface area contributed by atoms with Crippen molar-refractivity contribution < 1.29 is 13.5 Å². The molecule has 1 aliphatic heterocycles. The van der Waals surface area contributed by atoms with Gasteiger partial charge in [-0.25, -0.2) is 8.42 Å².